The molecule has 3 heterocycles. The van der Waals surface area contributed by atoms with Crippen LogP contribution in [-0.4, -0.2) is 16.4 Å². The molecule has 1 saturated carbocycles. The smallest absolute Gasteiger partial charge is 0.206 e. The summed E-state index contributed by atoms with van der Waals surface area (Å²) in [4.78, 5) is 7.21. The van der Waals surface area contributed by atoms with E-state index in [1.54, 1.807) is 28.9 Å². The zero-order valence-electron chi connectivity index (χ0n) is 14.2. The standard InChI is InChI=1S/C19H21N3OS2/c1-14(17-9-5-11-23-17)21-22-16(18-10-6-12-24-18)13-25-19(22)20-15-7-3-2-4-8-15/h5-6,9-13,15H,2-4,7-8H2,1H3. The van der Waals surface area contributed by atoms with Crippen LogP contribution >= 0.6 is 22.7 Å². The van der Waals surface area contributed by atoms with Gasteiger partial charge in [-0.05, 0) is 43.3 Å². The minimum atomic E-state index is 0.425. The number of thiazole rings is 1. The highest BCUT2D eigenvalue weighted by molar-refractivity contribution is 7.14. The number of hydrogen-bond acceptors (Lipinski definition) is 5. The molecule has 0 bridgehead atoms. The van der Waals surface area contributed by atoms with Gasteiger partial charge >= 0.3 is 0 Å². The first-order valence-electron chi connectivity index (χ1n) is 8.69. The van der Waals surface area contributed by atoms with Crippen LogP contribution in [0, 0.1) is 0 Å². The van der Waals surface area contributed by atoms with Crippen molar-refractivity contribution in [2.75, 3.05) is 0 Å². The number of hydrogen-bond donors (Lipinski definition) is 0. The lowest BCUT2D eigenvalue weighted by Gasteiger charge is -2.16. The van der Waals surface area contributed by atoms with Crippen molar-refractivity contribution < 1.29 is 4.42 Å². The zero-order chi connectivity index (χ0) is 17.1. The van der Waals surface area contributed by atoms with Gasteiger partial charge in [-0.3, -0.25) is 4.99 Å². The van der Waals surface area contributed by atoms with Gasteiger partial charge < -0.3 is 4.42 Å². The summed E-state index contributed by atoms with van der Waals surface area (Å²) in [6.45, 7) is 1.98. The Kier molecular flexibility index (Phi) is 4.99. The van der Waals surface area contributed by atoms with Gasteiger partial charge in [0.15, 0.2) is 0 Å². The highest BCUT2D eigenvalue weighted by Crippen LogP contribution is 2.26. The molecule has 0 aliphatic heterocycles. The van der Waals surface area contributed by atoms with E-state index in [-0.39, 0.29) is 0 Å². The lowest BCUT2D eigenvalue weighted by molar-refractivity contribution is 0.435. The fraction of sp³-hybridized carbons (Fsp3) is 0.368. The summed E-state index contributed by atoms with van der Waals surface area (Å²) in [7, 11) is 0. The second-order valence-corrected chi connectivity index (χ2v) is 8.06. The molecule has 1 aliphatic rings. The molecule has 0 atom stereocenters. The maximum Gasteiger partial charge on any atom is 0.206 e. The fourth-order valence-electron chi connectivity index (χ4n) is 3.13. The predicted molar refractivity (Wildman–Crippen MR) is 104 cm³/mol. The van der Waals surface area contributed by atoms with E-state index in [0.29, 0.717) is 6.04 Å². The van der Waals surface area contributed by atoms with Crippen LogP contribution in [0.25, 0.3) is 10.6 Å². The second-order valence-electron chi connectivity index (χ2n) is 6.28. The molecule has 4 rings (SSSR count). The third kappa shape index (κ3) is 3.70. The van der Waals surface area contributed by atoms with Gasteiger partial charge in [0.25, 0.3) is 0 Å². The largest absolute Gasteiger partial charge is 0.463 e. The third-order valence-electron chi connectivity index (χ3n) is 4.45. The average Bonchev–Trinajstić information content (AvgIpc) is 3.38. The van der Waals surface area contributed by atoms with Crippen molar-refractivity contribution in [3.63, 3.8) is 0 Å². The number of furan rings is 1. The molecule has 0 radical (unpaired) electrons. The van der Waals surface area contributed by atoms with Crippen LogP contribution in [0.3, 0.4) is 0 Å². The maximum atomic E-state index is 5.50. The molecular formula is C19H21N3OS2. The van der Waals surface area contributed by atoms with Gasteiger partial charge in [0.05, 0.1) is 22.9 Å². The van der Waals surface area contributed by atoms with E-state index < -0.39 is 0 Å². The van der Waals surface area contributed by atoms with Gasteiger partial charge in [0, 0.05) is 5.38 Å². The van der Waals surface area contributed by atoms with Crippen LogP contribution < -0.4 is 4.80 Å². The first kappa shape index (κ1) is 16.5. The third-order valence-corrected chi connectivity index (χ3v) is 6.18. The molecule has 6 heteroatoms. The van der Waals surface area contributed by atoms with Crippen LogP contribution in [0.5, 0.6) is 0 Å². The SMILES string of the molecule is CC(=Nn1c(-c2cccs2)csc1=NC1CCCCC1)c1ccco1. The normalized spacial score (nSPS) is 17.3. The Morgan fingerprint density at radius 3 is 2.76 bits per heavy atom. The van der Waals surface area contributed by atoms with Crippen molar-refractivity contribution in [3.05, 3.63) is 51.9 Å². The molecule has 4 nitrogen and oxygen atoms in total. The topological polar surface area (TPSA) is 42.8 Å². The van der Waals surface area contributed by atoms with E-state index in [1.807, 2.05) is 23.7 Å². The molecule has 0 amide bonds. The summed E-state index contributed by atoms with van der Waals surface area (Å²) in [5.41, 5.74) is 1.95. The molecule has 3 aromatic rings. The lowest BCUT2D eigenvalue weighted by Crippen LogP contribution is -2.19. The minimum Gasteiger partial charge on any atom is -0.463 e. The quantitative estimate of drug-likeness (QED) is 0.568. The average molecular weight is 372 g/mol. The van der Waals surface area contributed by atoms with E-state index in [0.717, 1.165) is 22.0 Å². The van der Waals surface area contributed by atoms with Crippen molar-refractivity contribution in [1.82, 2.24) is 4.68 Å². The molecule has 0 spiro atoms. The van der Waals surface area contributed by atoms with Gasteiger partial charge in [-0.25, -0.2) is 4.68 Å². The van der Waals surface area contributed by atoms with E-state index in [4.69, 9.17) is 14.5 Å². The Morgan fingerprint density at radius 2 is 2.04 bits per heavy atom. The summed E-state index contributed by atoms with van der Waals surface area (Å²) in [6, 6.07) is 8.46. The maximum absolute atomic E-state index is 5.50. The minimum absolute atomic E-state index is 0.425. The molecular weight excluding hydrogens is 350 g/mol. The molecule has 130 valence electrons. The molecule has 0 saturated heterocycles. The molecule has 25 heavy (non-hydrogen) atoms. The molecule has 3 aromatic heterocycles. The summed E-state index contributed by atoms with van der Waals surface area (Å²) in [5, 5.41) is 9.10. The molecule has 1 aliphatic carbocycles. The fourth-order valence-corrected chi connectivity index (χ4v) is 4.82. The zero-order valence-corrected chi connectivity index (χ0v) is 15.9. The van der Waals surface area contributed by atoms with Crippen molar-refractivity contribution in [3.8, 4) is 10.6 Å². The molecule has 0 N–H and O–H groups in total. The van der Waals surface area contributed by atoms with Crippen molar-refractivity contribution in [2.45, 2.75) is 45.1 Å². The Morgan fingerprint density at radius 1 is 1.16 bits per heavy atom. The lowest BCUT2D eigenvalue weighted by atomic mass is 9.96. The Bertz CT molecular complexity index is 895. The van der Waals surface area contributed by atoms with Crippen molar-refractivity contribution >= 4 is 28.4 Å². The first-order valence-corrected chi connectivity index (χ1v) is 10.4. The summed E-state index contributed by atoms with van der Waals surface area (Å²) < 4.78 is 7.48. The predicted octanol–water partition coefficient (Wildman–Crippen LogP) is 5.38. The summed E-state index contributed by atoms with van der Waals surface area (Å²) in [5.74, 6) is 0.791. The van der Waals surface area contributed by atoms with Gasteiger partial charge in [-0.1, -0.05) is 25.3 Å². The number of thiophene rings is 1. The van der Waals surface area contributed by atoms with Crippen LogP contribution in [0.15, 0.2) is 55.8 Å². The van der Waals surface area contributed by atoms with Gasteiger partial charge in [-0.2, -0.15) is 5.10 Å². The van der Waals surface area contributed by atoms with Crippen molar-refractivity contribution in [2.24, 2.45) is 10.1 Å². The second kappa shape index (κ2) is 7.54. The van der Waals surface area contributed by atoms with Gasteiger partial charge in [0.1, 0.15) is 11.5 Å². The van der Waals surface area contributed by atoms with E-state index >= 15 is 0 Å². The van der Waals surface area contributed by atoms with E-state index in [2.05, 4.69) is 22.9 Å². The summed E-state index contributed by atoms with van der Waals surface area (Å²) in [6.07, 6.45) is 7.96. The van der Waals surface area contributed by atoms with Crippen molar-refractivity contribution in [1.29, 1.82) is 0 Å². The highest BCUT2D eigenvalue weighted by atomic mass is 32.1. The van der Waals surface area contributed by atoms with E-state index in [1.165, 1.54) is 37.0 Å². The first-order chi connectivity index (χ1) is 12.3. The number of nitrogens with zero attached hydrogens (tertiary/aromatic N) is 3. The molecule has 0 unspecified atom stereocenters. The van der Waals surface area contributed by atoms with Crippen LogP contribution in [-0.2, 0) is 0 Å². The van der Waals surface area contributed by atoms with Crippen LogP contribution in [0.2, 0.25) is 0 Å². The summed E-state index contributed by atoms with van der Waals surface area (Å²) >= 11 is 3.40. The Labute approximate surface area is 155 Å². The number of rotatable bonds is 4. The van der Waals surface area contributed by atoms with Gasteiger partial charge in [0.2, 0.25) is 4.80 Å². The monoisotopic (exact) mass is 371 g/mol. The number of aromatic nitrogens is 1. The molecule has 1 fully saturated rings. The van der Waals surface area contributed by atoms with Crippen LogP contribution in [0.1, 0.15) is 44.8 Å². The molecule has 0 aromatic carbocycles. The van der Waals surface area contributed by atoms with Gasteiger partial charge in [-0.15, -0.1) is 22.7 Å². The van der Waals surface area contributed by atoms with Crippen LogP contribution in [0.4, 0.5) is 0 Å². The Hall–Kier alpha value is -1.92. The highest BCUT2D eigenvalue weighted by Gasteiger charge is 2.15. The Balaban J connectivity index is 1.79. The van der Waals surface area contributed by atoms with E-state index in [9.17, 15) is 0 Å².